The van der Waals surface area contributed by atoms with Gasteiger partial charge in [0.25, 0.3) is 0 Å². The second kappa shape index (κ2) is 9.25. The zero-order valence-electron chi connectivity index (χ0n) is 19.0. The van der Waals surface area contributed by atoms with Gasteiger partial charge in [-0.05, 0) is 48.4 Å². The molecule has 2 aromatic rings. The lowest BCUT2D eigenvalue weighted by Gasteiger charge is -2.38. The number of nitrogens with zero attached hydrogens (tertiary/aromatic N) is 1. The molecular weight excluding hydrogens is 420 g/mol. The number of carbonyl (C=O) groups excluding carboxylic acids is 2. The van der Waals surface area contributed by atoms with E-state index < -0.39 is 23.5 Å². The van der Waals surface area contributed by atoms with E-state index in [2.05, 4.69) is 29.6 Å². The molecular formula is C26H30N2O5. The number of alkyl carbamates (subject to hydrolysis) is 1. The summed E-state index contributed by atoms with van der Waals surface area (Å²) in [6, 6.07) is 15.5. The molecule has 7 heteroatoms. The van der Waals surface area contributed by atoms with Crippen LogP contribution in [-0.4, -0.2) is 53.7 Å². The largest absolute Gasteiger partial charge is 0.481 e. The first-order valence-corrected chi connectivity index (χ1v) is 11.5. The van der Waals surface area contributed by atoms with E-state index in [1.807, 2.05) is 31.2 Å². The Morgan fingerprint density at radius 2 is 1.73 bits per heavy atom. The molecule has 1 aliphatic heterocycles. The maximum absolute atomic E-state index is 13.0. The number of nitrogens with one attached hydrogen (secondary N) is 1. The number of hydrogen-bond acceptors (Lipinski definition) is 4. The molecule has 4 rings (SSSR count). The molecule has 33 heavy (non-hydrogen) atoms. The summed E-state index contributed by atoms with van der Waals surface area (Å²) in [5.41, 5.74) is 3.58. The predicted molar refractivity (Wildman–Crippen MR) is 124 cm³/mol. The van der Waals surface area contributed by atoms with E-state index in [1.165, 1.54) is 0 Å². The third-order valence-electron chi connectivity index (χ3n) is 6.87. The molecule has 2 atom stereocenters. The topological polar surface area (TPSA) is 95.9 Å². The number of aliphatic carboxylic acids is 1. The van der Waals surface area contributed by atoms with Crippen molar-refractivity contribution in [1.82, 2.24) is 10.2 Å². The molecule has 0 aromatic heterocycles. The summed E-state index contributed by atoms with van der Waals surface area (Å²) in [4.78, 5) is 38.8. The SMILES string of the molecule is CC[C@H](NC(=O)OCC1c2ccccc2-c2ccccc21)C(=O)N1CCCC(C)(C(=O)O)C1. The average Bonchev–Trinajstić information content (AvgIpc) is 3.14. The highest BCUT2D eigenvalue weighted by molar-refractivity contribution is 5.87. The summed E-state index contributed by atoms with van der Waals surface area (Å²) in [7, 11) is 0. The van der Waals surface area contributed by atoms with Gasteiger partial charge in [0.2, 0.25) is 5.91 Å². The van der Waals surface area contributed by atoms with E-state index in [0.29, 0.717) is 25.8 Å². The van der Waals surface area contributed by atoms with Crippen LogP contribution in [0.15, 0.2) is 48.5 Å². The minimum absolute atomic E-state index is 0.0581. The summed E-state index contributed by atoms with van der Waals surface area (Å²) >= 11 is 0. The Labute approximate surface area is 193 Å². The van der Waals surface area contributed by atoms with Gasteiger partial charge in [0.05, 0.1) is 5.41 Å². The fourth-order valence-electron chi connectivity index (χ4n) is 4.94. The lowest BCUT2D eigenvalue weighted by atomic mass is 9.82. The molecule has 1 fully saturated rings. The van der Waals surface area contributed by atoms with Gasteiger partial charge in [-0.3, -0.25) is 9.59 Å². The van der Waals surface area contributed by atoms with Gasteiger partial charge in [0.15, 0.2) is 0 Å². The van der Waals surface area contributed by atoms with Gasteiger partial charge in [0, 0.05) is 19.0 Å². The molecule has 2 aliphatic rings. The first-order valence-electron chi connectivity index (χ1n) is 11.5. The van der Waals surface area contributed by atoms with Crippen LogP contribution in [0.2, 0.25) is 0 Å². The Kier molecular flexibility index (Phi) is 6.40. The second-order valence-electron chi connectivity index (χ2n) is 9.16. The molecule has 1 heterocycles. The minimum Gasteiger partial charge on any atom is -0.481 e. The van der Waals surface area contributed by atoms with Crippen LogP contribution < -0.4 is 5.32 Å². The van der Waals surface area contributed by atoms with Crippen LogP contribution in [0.5, 0.6) is 0 Å². The van der Waals surface area contributed by atoms with Gasteiger partial charge in [-0.1, -0.05) is 55.5 Å². The highest BCUT2D eigenvalue weighted by atomic mass is 16.5. The van der Waals surface area contributed by atoms with Crippen LogP contribution in [0.3, 0.4) is 0 Å². The number of carboxylic acids is 1. The summed E-state index contributed by atoms with van der Waals surface area (Å²) in [5, 5.41) is 12.2. The zero-order chi connectivity index (χ0) is 23.6. The van der Waals surface area contributed by atoms with Crippen LogP contribution >= 0.6 is 0 Å². The Hall–Kier alpha value is -3.35. The highest BCUT2D eigenvalue weighted by Crippen LogP contribution is 2.44. The van der Waals surface area contributed by atoms with Crippen molar-refractivity contribution in [2.75, 3.05) is 19.7 Å². The monoisotopic (exact) mass is 450 g/mol. The number of ether oxygens (including phenoxy) is 1. The third kappa shape index (κ3) is 4.45. The van der Waals surface area contributed by atoms with E-state index in [9.17, 15) is 19.5 Å². The number of amides is 2. The fourth-order valence-corrected chi connectivity index (χ4v) is 4.94. The zero-order valence-corrected chi connectivity index (χ0v) is 19.0. The van der Waals surface area contributed by atoms with Crippen molar-refractivity contribution in [3.8, 4) is 11.1 Å². The van der Waals surface area contributed by atoms with E-state index in [1.54, 1.807) is 11.8 Å². The third-order valence-corrected chi connectivity index (χ3v) is 6.87. The quantitative estimate of drug-likeness (QED) is 0.693. The second-order valence-corrected chi connectivity index (χ2v) is 9.16. The Bertz CT molecular complexity index is 1020. The number of fused-ring (bicyclic) bond motifs is 3. The number of carbonyl (C=O) groups is 3. The van der Waals surface area contributed by atoms with E-state index in [0.717, 1.165) is 22.3 Å². The molecule has 0 radical (unpaired) electrons. The van der Waals surface area contributed by atoms with Gasteiger partial charge in [-0.25, -0.2) is 4.79 Å². The maximum atomic E-state index is 13.0. The number of likely N-dealkylation sites (tertiary alicyclic amines) is 1. The molecule has 174 valence electrons. The molecule has 1 aliphatic carbocycles. The smallest absolute Gasteiger partial charge is 0.407 e. The van der Waals surface area contributed by atoms with E-state index in [-0.39, 0.29) is 25.0 Å². The van der Waals surface area contributed by atoms with Crippen molar-refractivity contribution in [3.63, 3.8) is 0 Å². The minimum atomic E-state index is -0.962. The molecule has 0 saturated carbocycles. The van der Waals surface area contributed by atoms with Crippen molar-refractivity contribution in [2.45, 2.75) is 45.1 Å². The van der Waals surface area contributed by atoms with Crippen molar-refractivity contribution in [1.29, 1.82) is 0 Å². The van der Waals surface area contributed by atoms with Gasteiger partial charge in [-0.15, -0.1) is 0 Å². The molecule has 2 amide bonds. The molecule has 1 unspecified atom stereocenters. The lowest BCUT2D eigenvalue weighted by molar-refractivity contribution is -0.154. The van der Waals surface area contributed by atoms with Crippen LogP contribution in [0.25, 0.3) is 11.1 Å². The van der Waals surface area contributed by atoms with Crippen molar-refractivity contribution in [3.05, 3.63) is 59.7 Å². The number of carboxylic acid groups (broad SMARTS) is 1. The van der Waals surface area contributed by atoms with Gasteiger partial charge >= 0.3 is 12.1 Å². The van der Waals surface area contributed by atoms with Crippen LogP contribution in [0.1, 0.15) is 50.2 Å². The van der Waals surface area contributed by atoms with Gasteiger partial charge in [0.1, 0.15) is 12.6 Å². The first-order chi connectivity index (χ1) is 15.8. The lowest BCUT2D eigenvalue weighted by Crippen LogP contribution is -2.54. The number of piperidine rings is 1. The van der Waals surface area contributed by atoms with Crippen molar-refractivity contribution < 1.29 is 24.2 Å². The van der Waals surface area contributed by atoms with E-state index >= 15 is 0 Å². The number of rotatable bonds is 6. The normalized spacial score (nSPS) is 20.5. The molecule has 0 bridgehead atoms. The molecule has 0 spiro atoms. The Balaban J connectivity index is 1.39. The van der Waals surface area contributed by atoms with Gasteiger partial charge < -0.3 is 20.1 Å². The van der Waals surface area contributed by atoms with Crippen LogP contribution in [0, 0.1) is 5.41 Å². The highest BCUT2D eigenvalue weighted by Gasteiger charge is 2.40. The maximum Gasteiger partial charge on any atom is 0.407 e. The summed E-state index contributed by atoms with van der Waals surface area (Å²) in [6.07, 6.45) is 0.900. The van der Waals surface area contributed by atoms with Crippen LogP contribution in [-0.2, 0) is 14.3 Å². The Morgan fingerprint density at radius 1 is 1.12 bits per heavy atom. The Morgan fingerprint density at radius 3 is 2.30 bits per heavy atom. The average molecular weight is 451 g/mol. The number of hydrogen-bond donors (Lipinski definition) is 2. The van der Waals surface area contributed by atoms with Crippen LogP contribution in [0.4, 0.5) is 4.79 Å². The van der Waals surface area contributed by atoms with E-state index in [4.69, 9.17) is 4.74 Å². The van der Waals surface area contributed by atoms with Gasteiger partial charge in [-0.2, -0.15) is 0 Å². The fraction of sp³-hybridized carbons (Fsp3) is 0.423. The summed E-state index contributed by atoms with van der Waals surface area (Å²) in [5.74, 6) is -1.23. The summed E-state index contributed by atoms with van der Waals surface area (Å²) < 4.78 is 5.57. The van der Waals surface area contributed by atoms with Crippen molar-refractivity contribution >= 4 is 18.0 Å². The predicted octanol–water partition coefficient (Wildman–Crippen LogP) is 4.02. The first kappa shape index (κ1) is 22.8. The molecule has 7 nitrogen and oxygen atoms in total. The molecule has 1 saturated heterocycles. The molecule has 2 aromatic carbocycles. The summed E-state index contributed by atoms with van der Waals surface area (Å²) in [6.45, 7) is 4.28. The molecule has 2 N–H and O–H groups in total. The number of benzene rings is 2. The standard InChI is InChI=1S/C26H30N2O5/c1-3-22(23(29)28-14-8-13-26(2,16-28)24(30)31)27-25(32)33-15-21-19-11-6-4-9-17(19)18-10-5-7-12-20(18)21/h4-7,9-12,21-22H,3,8,13-16H2,1-2H3,(H,27,32)(H,30,31)/t22-,26?/m0/s1. The van der Waals surface area contributed by atoms with Crippen molar-refractivity contribution in [2.24, 2.45) is 5.41 Å².